The number of carbonyl (C=O) groups excluding carboxylic acids is 2. The van der Waals surface area contributed by atoms with Gasteiger partial charge < -0.3 is 24.0 Å². The lowest BCUT2D eigenvalue weighted by Crippen LogP contribution is -2.60. The van der Waals surface area contributed by atoms with Crippen LogP contribution in [-0.4, -0.2) is 99.7 Å². The quantitative estimate of drug-likeness (QED) is 0.187. The monoisotopic (exact) mass is 851 g/mol. The second kappa shape index (κ2) is 15.2. The van der Waals surface area contributed by atoms with Crippen LogP contribution in [0.4, 0.5) is 38.0 Å². The molecule has 3 saturated heterocycles. The normalized spacial score (nSPS) is 23.0. The molecule has 320 valence electrons. The number of nitriles is 1. The number of thiophene rings is 1. The van der Waals surface area contributed by atoms with Crippen LogP contribution >= 0.6 is 11.3 Å². The van der Waals surface area contributed by atoms with E-state index in [9.17, 15) is 19.2 Å². The van der Waals surface area contributed by atoms with Crippen LogP contribution in [0.1, 0.15) is 91.7 Å². The number of anilines is 2. The summed E-state index contributed by atoms with van der Waals surface area (Å²) in [5.74, 6) is -2.52. The molecule has 12 nitrogen and oxygen atoms in total. The molecule has 17 heteroatoms. The molecule has 4 aliphatic rings. The van der Waals surface area contributed by atoms with Gasteiger partial charge in [0.05, 0.1) is 32.8 Å². The molecule has 2 aromatic carbocycles. The number of benzene rings is 2. The average molecular weight is 852 g/mol. The zero-order valence-electron chi connectivity index (χ0n) is 34.8. The predicted molar refractivity (Wildman–Crippen MR) is 220 cm³/mol. The third kappa shape index (κ3) is 7.43. The van der Waals surface area contributed by atoms with Gasteiger partial charge in [-0.25, -0.2) is 27.2 Å². The van der Waals surface area contributed by atoms with Crippen molar-refractivity contribution in [2.45, 2.75) is 122 Å². The van der Waals surface area contributed by atoms with E-state index in [1.165, 1.54) is 6.07 Å². The van der Waals surface area contributed by atoms with E-state index < -0.39 is 64.2 Å². The van der Waals surface area contributed by atoms with Crippen LogP contribution in [0.25, 0.3) is 32.1 Å². The van der Waals surface area contributed by atoms with Gasteiger partial charge in [-0.1, -0.05) is 13.0 Å². The second-order valence-electron chi connectivity index (χ2n) is 18.3. The van der Waals surface area contributed by atoms with Crippen LogP contribution in [0.2, 0.25) is 0 Å². The molecule has 4 aliphatic heterocycles. The topological polar surface area (TPSA) is 133 Å². The minimum atomic E-state index is -1.08. The molecule has 0 spiro atoms. The number of alkyl halides is 1. The number of piperazine rings is 1. The van der Waals surface area contributed by atoms with Gasteiger partial charge in [0.2, 0.25) is 0 Å². The first-order chi connectivity index (χ1) is 28.3. The smallest absolute Gasteiger partial charge is 0.412 e. The summed E-state index contributed by atoms with van der Waals surface area (Å²) in [5.41, 5.74) is -3.16. The molecule has 4 atom stereocenters. The fraction of sp³-hybridized carbons (Fsp3) is 0.558. The Morgan fingerprint density at radius 3 is 2.48 bits per heavy atom. The van der Waals surface area contributed by atoms with Crippen LogP contribution in [0.15, 0.2) is 12.1 Å². The molecule has 0 saturated carbocycles. The molecule has 1 N–H and O–H groups in total. The number of nitrogens with zero attached hydrogens (tertiary/aromatic N) is 6. The zero-order chi connectivity index (χ0) is 43.1. The fourth-order valence-electron chi connectivity index (χ4n) is 9.36. The molecule has 0 radical (unpaired) electrons. The average Bonchev–Trinajstić information content (AvgIpc) is 3.79. The summed E-state index contributed by atoms with van der Waals surface area (Å²) in [5, 5.41) is 12.9. The molecule has 60 heavy (non-hydrogen) atoms. The minimum Gasteiger partial charge on any atom is -0.461 e. The van der Waals surface area contributed by atoms with Gasteiger partial charge in [-0.2, -0.15) is 15.2 Å². The number of aryl methyl sites for hydroxylation is 1. The van der Waals surface area contributed by atoms with Crippen molar-refractivity contribution >= 4 is 55.3 Å². The molecule has 3 fully saturated rings. The maximum Gasteiger partial charge on any atom is 0.412 e. The number of rotatable bonds is 6. The summed E-state index contributed by atoms with van der Waals surface area (Å²) in [4.78, 5) is 41.6. The summed E-state index contributed by atoms with van der Waals surface area (Å²) in [6.07, 6.45) is 0.467. The molecule has 0 unspecified atom stereocenters. The number of aromatic nitrogens is 2. The van der Waals surface area contributed by atoms with Crippen molar-refractivity contribution in [2.24, 2.45) is 0 Å². The van der Waals surface area contributed by atoms with Crippen LogP contribution in [0.3, 0.4) is 0 Å². The van der Waals surface area contributed by atoms with Gasteiger partial charge in [0.1, 0.15) is 58.0 Å². The maximum absolute atomic E-state index is 17.6. The van der Waals surface area contributed by atoms with Crippen molar-refractivity contribution in [1.82, 2.24) is 19.8 Å². The van der Waals surface area contributed by atoms with E-state index in [0.29, 0.717) is 25.8 Å². The molecular formula is C43H49F4N7O5S. The molecule has 2 amide bonds. The van der Waals surface area contributed by atoms with E-state index >= 15 is 13.2 Å². The second-order valence-corrected chi connectivity index (χ2v) is 19.3. The standard InChI is InChI=1S/C43H49F4N7O5S/c1-8-23-19-53-24(20-54(23)40(56)59-42(5,6)7)10-11-26-31-34(49-38(50-36(31)53)57-21-43-14-9-15-52(43)18-22(44)16-43)33(47)30(32(26)46)25-12-13-28(45)35-29(25)27(17-48)37(60-35)51-39(55)58-41(2,3)4/h12-13,22-24H,8-11,14-16,18-21H2,1-7H3,(H,51,55)/t22-,23-,24-,43+/m1/s1. The Balaban J connectivity index is 1.29. The third-order valence-corrected chi connectivity index (χ3v) is 13.0. The van der Waals surface area contributed by atoms with Crippen molar-refractivity contribution in [3.05, 3.63) is 40.7 Å². The molecule has 0 aliphatic carbocycles. The molecule has 0 bridgehead atoms. The Bertz CT molecular complexity index is 2450. The van der Waals surface area contributed by atoms with Gasteiger partial charge in [0.15, 0.2) is 5.82 Å². The van der Waals surface area contributed by atoms with Gasteiger partial charge in [0.25, 0.3) is 0 Å². The lowest BCUT2D eigenvalue weighted by molar-refractivity contribution is 0.00968. The van der Waals surface area contributed by atoms with Crippen molar-refractivity contribution in [2.75, 3.05) is 43.0 Å². The van der Waals surface area contributed by atoms with Gasteiger partial charge in [-0.15, -0.1) is 11.3 Å². The van der Waals surface area contributed by atoms with Gasteiger partial charge in [0, 0.05) is 43.0 Å². The number of carbonyl (C=O) groups is 2. The summed E-state index contributed by atoms with van der Waals surface area (Å²) in [6, 6.07) is 3.40. The highest BCUT2D eigenvalue weighted by Gasteiger charge is 2.50. The van der Waals surface area contributed by atoms with E-state index in [2.05, 4.69) is 15.2 Å². The summed E-state index contributed by atoms with van der Waals surface area (Å²) in [7, 11) is 0. The minimum absolute atomic E-state index is 0.0483. The van der Waals surface area contributed by atoms with Crippen molar-refractivity contribution in [3.63, 3.8) is 0 Å². The van der Waals surface area contributed by atoms with E-state index in [1.807, 2.05) is 17.9 Å². The highest BCUT2D eigenvalue weighted by atomic mass is 32.1. The third-order valence-electron chi connectivity index (χ3n) is 11.9. The van der Waals surface area contributed by atoms with Crippen molar-refractivity contribution in [1.29, 1.82) is 5.26 Å². The van der Waals surface area contributed by atoms with E-state index in [4.69, 9.17) is 19.2 Å². The zero-order valence-corrected chi connectivity index (χ0v) is 35.6. The highest BCUT2D eigenvalue weighted by Crippen LogP contribution is 2.48. The number of hydrogen-bond acceptors (Lipinski definition) is 11. The number of halogens is 4. The van der Waals surface area contributed by atoms with Crippen molar-refractivity contribution < 1.29 is 41.4 Å². The number of amides is 2. The predicted octanol–water partition coefficient (Wildman–Crippen LogP) is 9.25. The Morgan fingerprint density at radius 2 is 1.78 bits per heavy atom. The van der Waals surface area contributed by atoms with Gasteiger partial charge in [-0.05, 0) is 91.8 Å². The lowest BCUT2D eigenvalue weighted by atomic mass is 9.92. The molecule has 4 aromatic rings. The molecular weight excluding hydrogens is 803 g/mol. The van der Waals surface area contributed by atoms with Crippen LogP contribution in [-0.2, 0) is 15.9 Å². The van der Waals surface area contributed by atoms with Crippen LogP contribution in [0, 0.1) is 28.8 Å². The summed E-state index contributed by atoms with van der Waals surface area (Å²) < 4.78 is 82.9. The fourth-order valence-corrected chi connectivity index (χ4v) is 10.4. The molecule has 2 aromatic heterocycles. The lowest BCUT2D eigenvalue weighted by Gasteiger charge is -2.46. The number of ether oxygens (including phenoxy) is 3. The first kappa shape index (κ1) is 41.8. The first-order valence-corrected chi connectivity index (χ1v) is 21.3. The Kier molecular flexibility index (Phi) is 10.6. The summed E-state index contributed by atoms with van der Waals surface area (Å²) in [6.45, 7) is 13.9. The maximum atomic E-state index is 17.6. The Morgan fingerprint density at radius 1 is 1.03 bits per heavy atom. The summed E-state index contributed by atoms with van der Waals surface area (Å²) >= 11 is 0.750. The highest BCUT2D eigenvalue weighted by molar-refractivity contribution is 7.23. The number of fused-ring (bicyclic) bond motifs is 4. The van der Waals surface area contributed by atoms with Crippen LogP contribution in [0.5, 0.6) is 6.01 Å². The number of nitrogens with one attached hydrogen (secondary N) is 1. The SMILES string of the molecule is CC[C@@H]1CN2c3nc(OC[C@@]45CCCN4C[C@H](F)C5)nc4c(F)c(-c5ccc(F)c6sc(NC(=O)OC(C)(C)C)c(C#N)c56)c(F)c(c34)CC[C@@H]2CN1C(=O)OC(C)(C)C. The van der Waals surface area contributed by atoms with E-state index in [-0.39, 0.29) is 93.1 Å². The van der Waals surface area contributed by atoms with Crippen LogP contribution < -0.4 is 15.0 Å². The molecule has 6 heterocycles. The van der Waals surface area contributed by atoms with Gasteiger partial charge >= 0.3 is 18.2 Å². The van der Waals surface area contributed by atoms with Gasteiger partial charge in [-0.3, -0.25) is 10.2 Å². The Labute approximate surface area is 349 Å². The van der Waals surface area contributed by atoms with E-state index in [0.717, 1.165) is 30.4 Å². The first-order valence-electron chi connectivity index (χ1n) is 20.5. The van der Waals surface area contributed by atoms with E-state index in [1.54, 1.807) is 46.4 Å². The Hall–Kier alpha value is -4.95. The number of hydrogen-bond donors (Lipinski definition) is 1. The molecule has 8 rings (SSSR count). The largest absolute Gasteiger partial charge is 0.461 e. The van der Waals surface area contributed by atoms with Crippen molar-refractivity contribution in [3.8, 4) is 23.2 Å².